The zero-order chi connectivity index (χ0) is 19.9. The van der Waals surface area contributed by atoms with Crippen molar-refractivity contribution in [1.29, 1.82) is 0 Å². The van der Waals surface area contributed by atoms with E-state index in [1.54, 1.807) is 12.3 Å². The van der Waals surface area contributed by atoms with E-state index in [1.165, 1.54) is 36.4 Å². The van der Waals surface area contributed by atoms with E-state index >= 15 is 0 Å². The summed E-state index contributed by atoms with van der Waals surface area (Å²) in [5.41, 5.74) is 1.84. The quantitative estimate of drug-likeness (QED) is 0.390. The lowest BCUT2D eigenvalue weighted by atomic mass is 10.2. The molecule has 28 heavy (non-hydrogen) atoms. The lowest BCUT2D eigenvalue weighted by molar-refractivity contribution is -0.384. The fraction of sp³-hybridized carbons (Fsp3) is 0.0500. The van der Waals surface area contributed by atoms with Gasteiger partial charge in [-0.25, -0.2) is 0 Å². The summed E-state index contributed by atoms with van der Waals surface area (Å²) in [6, 6.07) is 14.9. The largest absolute Gasteiger partial charge is 0.343 e. The van der Waals surface area contributed by atoms with Gasteiger partial charge in [-0.3, -0.25) is 24.7 Å². The Hall–Kier alpha value is -4.07. The average Bonchev–Trinajstić information content (AvgIpc) is 2.71. The standard InChI is InChI=1S/C20H16N4O4/c25-18(11-8-14-6-9-16(10-7-14)24(27)28)22-13-19(26)23-17-5-1-3-15-4-2-12-21-20(15)17/h1-12H,13H2,(H,22,25)(H,23,26)/b11-8+. The van der Waals surface area contributed by atoms with E-state index in [2.05, 4.69) is 15.6 Å². The minimum Gasteiger partial charge on any atom is -0.343 e. The summed E-state index contributed by atoms with van der Waals surface area (Å²) >= 11 is 0. The van der Waals surface area contributed by atoms with Gasteiger partial charge in [-0.1, -0.05) is 18.2 Å². The fourth-order valence-electron chi connectivity index (χ4n) is 2.50. The summed E-state index contributed by atoms with van der Waals surface area (Å²) < 4.78 is 0. The maximum absolute atomic E-state index is 12.1. The molecule has 0 fully saturated rings. The van der Waals surface area contributed by atoms with Crippen molar-refractivity contribution < 1.29 is 14.5 Å². The van der Waals surface area contributed by atoms with E-state index in [4.69, 9.17) is 0 Å². The molecular formula is C20H16N4O4. The first-order valence-corrected chi connectivity index (χ1v) is 8.37. The van der Waals surface area contributed by atoms with Gasteiger partial charge in [0, 0.05) is 29.8 Å². The number of nitro benzene ring substituents is 1. The van der Waals surface area contributed by atoms with Crippen molar-refractivity contribution in [3.63, 3.8) is 0 Å². The van der Waals surface area contributed by atoms with Crippen LogP contribution in [0.1, 0.15) is 5.56 Å². The number of nitrogens with zero attached hydrogens (tertiary/aromatic N) is 2. The van der Waals surface area contributed by atoms with Crippen LogP contribution in [-0.2, 0) is 9.59 Å². The molecule has 3 aromatic rings. The van der Waals surface area contributed by atoms with Gasteiger partial charge in [-0.2, -0.15) is 0 Å². The molecule has 3 rings (SSSR count). The van der Waals surface area contributed by atoms with Gasteiger partial charge in [0.25, 0.3) is 5.69 Å². The first-order valence-electron chi connectivity index (χ1n) is 8.37. The number of nitro groups is 1. The van der Waals surface area contributed by atoms with Crippen LogP contribution in [0.4, 0.5) is 11.4 Å². The van der Waals surface area contributed by atoms with Gasteiger partial charge in [-0.05, 0) is 35.9 Å². The Balaban J connectivity index is 1.54. The predicted octanol–water partition coefficient (Wildman–Crippen LogP) is 2.91. The minimum absolute atomic E-state index is 0.0267. The zero-order valence-corrected chi connectivity index (χ0v) is 14.7. The smallest absolute Gasteiger partial charge is 0.269 e. The molecule has 0 aliphatic heterocycles. The highest BCUT2D eigenvalue weighted by molar-refractivity contribution is 6.02. The van der Waals surface area contributed by atoms with E-state index in [0.29, 0.717) is 16.8 Å². The fourth-order valence-corrected chi connectivity index (χ4v) is 2.50. The molecule has 2 N–H and O–H groups in total. The maximum atomic E-state index is 12.1. The highest BCUT2D eigenvalue weighted by Crippen LogP contribution is 2.20. The second-order valence-corrected chi connectivity index (χ2v) is 5.83. The van der Waals surface area contributed by atoms with Crippen molar-refractivity contribution in [3.8, 4) is 0 Å². The highest BCUT2D eigenvalue weighted by Gasteiger charge is 2.07. The number of benzene rings is 2. The van der Waals surface area contributed by atoms with Gasteiger partial charge in [0.1, 0.15) is 0 Å². The number of para-hydroxylation sites is 1. The SMILES string of the molecule is O=C(/C=C/c1ccc([N+](=O)[O-])cc1)NCC(=O)Nc1cccc2cccnc12. The zero-order valence-electron chi connectivity index (χ0n) is 14.7. The molecule has 8 nitrogen and oxygen atoms in total. The molecule has 0 saturated carbocycles. The number of amides is 2. The molecule has 0 unspecified atom stereocenters. The number of carbonyl (C=O) groups is 2. The van der Waals surface area contributed by atoms with E-state index in [9.17, 15) is 19.7 Å². The molecular weight excluding hydrogens is 360 g/mol. The monoisotopic (exact) mass is 376 g/mol. The molecule has 0 aliphatic rings. The third kappa shape index (κ3) is 4.76. The van der Waals surface area contributed by atoms with Crippen LogP contribution in [0.15, 0.2) is 66.9 Å². The third-order valence-electron chi connectivity index (χ3n) is 3.86. The number of carbonyl (C=O) groups excluding carboxylic acids is 2. The molecule has 0 radical (unpaired) electrons. The Morgan fingerprint density at radius 3 is 2.57 bits per heavy atom. The van der Waals surface area contributed by atoms with Gasteiger partial charge in [0.05, 0.1) is 22.7 Å². The second-order valence-electron chi connectivity index (χ2n) is 5.83. The van der Waals surface area contributed by atoms with Gasteiger partial charge in [0.15, 0.2) is 0 Å². The molecule has 0 aliphatic carbocycles. The molecule has 0 atom stereocenters. The van der Waals surface area contributed by atoms with Crippen LogP contribution >= 0.6 is 0 Å². The van der Waals surface area contributed by atoms with Crippen LogP contribution in [0.3, 0.4) is 0 Å². The van der Waals surface area contributed by atoms with E-state index in [0.717, 1.165) is 5.39 Å². The summed E-state index contributed by atoms with van der Waals surface area (Å²) in [6.07, 6.45) is 4.41. The van der Waals surface area contributed by atoms with Crippen LogP contribution in [0.5, 0.6) is 0 Å². The first kappa shape index (κ1) is 18.7. The molecule has 0 bridgehead atoms. The number of non-ortho nitro benzene ring substituents is 1. The number of nitrogens with one attached hydrogen (secondary N) is 2. The van der Waals surface area contributed by atoms with Gasteiger partial charge in [0.2, 0.25) is 11.8 Å². The van der Waals surface area contributed by atoms with Crippen molar-refractivity contribution >= 4 is 40.2 Å². The topological polar surface area (TPSA) is 114 Å². The van der Waals surface area contributed by atoms with Crippen molar-refractivity contribution in [2.24, 2.45) is 0 Å². The van der Waals surface area contributed by atoms with E-state index in [-0.39, 0.29) is 18.1 Å². The summed E-state index contributed by atoms with van der Waals surface area (Å²) in [4.78, 5) is 38.3. The van der Waals surface area contributed by atoms with E-state index < -0.39 is 10.8 Å². The molecule has 8 heteroatoms. The lowest BCUT2D eigenvalue weighted by Gasteiger charge is -2.08. The number of anilines is 1. The van der Waals surface area contributed by atoms with Crippen molar-refractivity contribution in [3.05, 3.63) is 82.5 Å². The number of hydrogen-bond donors (Lipinski definition) is 2. The van der Waals surface area contributed by atoms with Gasteiger partial charge >= 0.3 is 0 Å². The van der Waals surface area contributed by atoms with Crippen LogP contribution < -0.4 is 10.6 Å². The number of rotatable bonds is 6. The van der Waals surface area contributed by atoms with Crippen LogP contribution in [0.2, 0.25) is 0 Å². The number of pyridine rings is 1. The number of fused-ring (bicyclic) bond motifs is 1. The predicted molar refractivity (Wildman–Crippen MR) is 106 cm³/mol. The van der Waals surface area contributed by atoms with Gasteiger partial charge in [-0.15, -0.1) is 0 Å². The Morgan fingerprint density at radius 1 is 1.07 bits per heavy atom. The molecule has 0 spiro atoms. The summed E-state index contributed by atoms with van der Waals surface area (Å²) in [5.74, 6) is -0.834. The van der Waals surface area contributed by atoms with Crippen molar-refractivity contribution in [2.75, 3.05) is 11.9 Å². The molecule has 0 saturated heterocycles. The highest BCUT2D eigenvalue weighted by atomic mass is 16.6. The molecule has 140 valence electrons. The lowest BCUT2D eigenvalue weighted by Crippen LogP contribution is -2.31. The number of hydrogen-bond acceptors (Lipinski definition) is 5. The van der Waals surface area contributed by atoms with Crippen molar-refractivity contribution in [2.45, 2.75) is 0 Å². The Morgan fingerprint density at radius 2 is 1.82 bits per heavy atom. The first-order chi connectivity index (χ1) is 13.5. The minimum atomic E-state index is -0.496. The summed E-state index contributed by atoms with van der Waals surface area (Å²) in [5, 5.41) is 16.7. The normalized spacial score (nSPS) is 10.7. The maximum Gasteiger partial charge on any atom is 0.269 e. The average molecular weight is 376 g/mol. The van der Waals surface area contributed by atoms with E-state index in [1.807, 2.05) is 24.3 Å². The molecule has 1 aromatic heterocycles. The molecule has 2 amide bonds. The van der Waals surface area contributed by atoms with Crippen molar-refractivity contribution in [1.82, 2.24) is 10.3 Å². The summed E-state index contributed by atoms with van der Waals surface area (Å²) in [7, 11) is 0. The Bertz CT molecular complexity index is 1060. The molecule has 2 aromatic carbocycles. The second kappa shape index (κ2) is 8.54. The van der Waals surface area contributed by atoms with Crippen LogP contribution in [-0.4, -0.2) is 28.3 Å². The Kier molecular flexibility index (Phi) is 5.71. The number of aromatic nitrogens is 1. The molecule has 1 heterocycles. The van der Waals surface area contributed by atoms with Crippen LogP contribution in [0.25, 0.3) is 17.0 Å². The van der Waals surface area contributed by atoms with Crippen LogP contribution in [0, 0.1) is 10.1 Å². The third-order valence-corrected chi connectivity index (χ3v) is 3.86. The van der Waals surface area contributed by atoms with Gasteiger partial charge < -0.3 is 10.6 Å². The Labute approximate surface area is 160 Å². The summed E-state index contributed by atoms with van der Waals surface area (Å²) in [6.45, 7) is -0.202.